The molecule has 0 unspecified atom stereocenters. The second kappa shape index (κ2) is 15.2. The normalized spacial score (nSPS) is 12.3. The van der Waals surface area contributed by atoms with Gasteiger partial charge in [0.1, 0.15) is 0 Å². The van der Waals surface area contributed by atoms with E-state index < -0.39 is 6.85 Å². The number of fused-ring (bicyclic) bond motifs is 2. The summed E-state index contributed by atoms with van der Waals surface area (Å²) in [5, 5.41) is 1.01. The average Bonchev–Trinajstić information content (AvgIpc) is 3.91. The van der Waals surface area contributed by atoms with Gasteiger partial charge in [0.15, 0.2) is 0 Å². The van der Waals surface area contributed by atoms with Crippen molar-refractivity contribution in [1.29, 1.82) is 0 Å². The summed E-state index contributed by atoms with van der Waals surface area (Å²) in [7, 11) is 0. The Morgan fingerprint density at radius 1 is 0.820 bits per heavy atom. The Morgan fingerprint density at radius 2 is 1.58 bits per heavy atom. The maximum atomic E-state index is 7.23. The van der Waals surface area contributed by atoms with Gasteiger partial charge < -0.3 is 18.5 Å². The number of benzene rings is 4. The van der Waals surface area contributed by atoms with Crippen molar-refractivity contribution in [1.82, 2.24) is 19.1 Å². The van der Waals surface area contributed by atoms with Gasteiger partial charge in [-0.15, -0.1) is 35.9 Å². The summed E-state index contributed by atoms with van der Waals surface area (Å²) in [6.45, 7) is 7.75. The number of imidazole rings is 1. The molecule has 5 nitrogen and oxygen atoms in total. The number of rotatable bonds is 7. The predicted molar refractivity (Wildman–Crippen MR) is 200 cm³/mol. The molecule has 0 aliphatic carbocycles. The van der Waals surface area contributed by atoms with Crippen LogP contribution in [0, 0.1) is 19.2 Å². The van der Waals surface area contributed by atoms with Crippen LogP contribution in [0.3, 0.4) is 0 Å². The Kier molecular flexibility index (Phi) is 9.45. The largest absolute Gasteiger partial charge is 0.557 e. The molecule has 253 valence electrons. The zero-order valence-electron chi connectivity index (χ0n) is 31.5. The van der Waals surface area contributed by atoms with Crippen molar-refractivity contribution < 1.29 is 28.6 Å². The van der Waals surface area contributed by atoms with Crippen LogP contribution in [0.1, 0.15) is 65.9 Å². The summed E-state index contributed by atoms with van der Waals surface area (Å²) in [5.74, 6) is 1.75. The number of aryl methyl sites for hydroxylation is 1. The molecule has 4 aromatic carbocycles. The molecule has 0 atom stereocenters. The maximum absolute atomic E-state index is 7.23. The van der Waals surface area contributed by atoms with Crippen molar-refractivity contribution in [3.63, 3.8) is 0 Å². The Bertz CT molecular complexity index is 2400. The SMILES string of the molecule is CC(C)c1cccc(C(C)C)c1Cn1c(-c2[c-]oc3ccc(-n4cccc4)cc23)nc2ccccc21.[2H]C([2H])([2H])c1ccc(-c2[c-]cccc2)nc1.[Ir]. The second-order valence-corrected chi connectivity index (χ2v) is 12.8. The summed E-state index contributed by atoms with van der Waals surface area (Å²) in [4.78, 5) is 9.23. The van der Waals surface area contributed by atoms with Crippen LogP contribution < -0.4 is 0 Å². The van der Waals surface area contributed by atoms with E-state index in [1.54, 1.807) is 18.2 Å². The molecular weight excluding hydrogens is 793 g/mol. The number of para-hydroxylation sites is 2. The van der Waals surface area contributed by atoms with E-state index in [2.05, 4.69) is 115 Å². The van der Waals surface area contributed by atoms with Gasteiger partial charge in [-0.2, -0.15) is 0 Å². The molecule has 0 aliphatic rings. The van der Waals surface area contributed by atoms with Gasteiger partial charge in [0, 0.05) is 66.9 Å². The van der Waals surface area contributed by atoms with E-state index in [0.717, 1.165) is 56.9 Å². The summed E-state index contributed by atoms with van der Waals surface area (Å²) < 4.78 is 32.1. The molecule has 0 fully saturated rings. The van der Waals surface area contributed by atoms with E-state index >= 15 is 0 Å². The van der Waals surface area contributed by atoms with Gasteiger partial charge in [0.05, 0.1) is 16.9 Å². The van der Waals surface area contributed by atoms with Crippen LogP contribution in [0.5, 0.6) is 0 Å². The number of aromatic nitrogens is 4. The van der Waals surface area contributed by atoms with E-state index in [1.807, 2.05) is 42.5 Å². The van der Waals surface area contributed by atoms with Gasteiger partial charge in [0.2, 0.25) is 0 Å². The Morgan fingerprint density at radius 3 is 2.26 bits per heavy atom. The molecule has 1 radical (unpaired) electrons. The van der Waals surface area contributed by atoms with Gasteiger partial charge in [-0.1, -0.05) is 93.2 Å². The minimum atomic E-state index is -2.09. The minimum absolute atomic E-state index is 0. The molecule has 50 heavy (non-hydrogen) atoms. The van der Waals surface area contributed by atoms with Crippen LogP contribution >= 0.6 is 0 Å². The van der Waals surface area contributed by atoms with Gasteiger partial charge in [-0.3, -0.25) is 4.98 Å². The summed E-state index contributed by atoms with van der Waals surface area (Å²) >= 11 is 0. The average molecular weight is 836 g/mol. The minimum Gasteiger partial charge on any atom is -0.557 e. The van der Waals surface area contributed by atoms with E-state index in [4.69, 9.17) is 13.5 Å². The number of furan rings is 1. The standard InChI is InChI=1S/C32H30N3O.C12H10N.Ir/c1-21(2)24-10-9-11-25(22(3)4)27(24)19-35-30-13-6-5-12-29(30)33-32(35)28-20-36-31-15-14-23(18-26(28)31)34-16-7-8-17-34;1-10-7-8-12(13-9-10)11-5-3-2-4-6-11;/h5-18,21-22H,19H2,1-4H3;2-5,7-9H,1H3;/q2*-1;/i;1D3;. The monoisotopic (exact) mass is 836 g/mol. The Hall–Kier alpha value is -5.03. The van der Waals surface area contributed by atoms with Crippen LogP contribution in [0.25, 0.3) is 50.3 Å². The van der Waals surface area contributed by atoms with Gasteiger partial charge in [0.25, 0.3) is 0 Å². The Labute approximate surface area is 312 Å². The summed E-state index contributed by atoms with van der Waals surface area (Å²) in [6.07, 6.45) is 8.69. The molecule has 6 heteroatoms. The van der Waals surface area contributed by atoms with Crippen LogP contribution in [0.2, 0.25) is 0 Å². The topological polar surface area (TPSA) is 48.8 Å². The summed E-state index contributed by atoms with van der Waals surface area (Å²) in [5.41, 5.74) is 10.9. The third kappa shape index (κ3) is 7.14. The van der Waals surface area contributed by atoms with Gasteiger partial charge in [-0.25, -0.2) is 0 Å². The van der Waals surface area contributed by atoms with Crippen molar-refractivity contribution in [2.24, 2.45) is 0 Å². The zero-order valence-corrected chi connectivity index (χ0v) is 30.9. The molecule has 0 saturated carbocycles. The van der Waals surface area contributed by atoms with Gasteiger partial charge in [-0.05, 0) is 77.0 Å². The molecule has 8 aromatic rings. The zero-order chi connectivity index (χ0) is 36.4. The number of hydrogen-bond acceptors (Lipinski definition) is 3. The molecule has 8 rings (SSSR count). The first-order valence-electron chi connectivity index (χ1n) is 18.2. The van der Waals surface area contributed by atoms with Crippen molar-refractivity contribution in [2.45, 2.75) is 52.9 Å². The first kappa shape index (κ1) is 31.0. The van der Waals surface area contributed by atoms with Crippen LogP contribution in [-0.2, 0) is 26.7 Å². The fourth-order valence-corrected chi connectivity index (χ4v) is 6.37. The fraction of sp³-hybridized carbons (Fsp3) is 0.182. The predicted octanol–water partition coefficient (Wildman–Crippen LogP) is 11.2. The molecular formula is C44H40IrN4O-2. The van der Waals surface area contributed by atoms with Crippen molar-refractivity contribution in [2.75, 3.05) is 0 Å². The van der Waals surface area contributed by atoms with Crippen molar-refractivity contribution in [3.05, 3.63) is 162 Å². The van der Waals surface area contributed by atoms with Crippen molar-refractivity contribution >= 4 is 22.0 Å². The third-order valence-corrected chi connectivity index (χ3v) is 8.83. The molecule has 0 bridgehead atoms. The number of nitrogens with zero attached hydrogens (tertiary/aromatic N) is 4. The van der Waals surface area contributed by atoms with E-state index in [-0.39, 0.29) is 25.7 Å². The first-order chi connectivity index (χ1) is 25.1. The number of hydrogen-bond donors (Lipinski definition) is 0. The Balaban J connectivity index is 0.000000238. The van der Waals surface area contributed by atoms with Crippen molar-refractivity contribution in [3.8, 4) is 28.3 Å². The van der Waals surface area contributed by atoms with E-state index in [0.29, 0.717) is 11.8 Å². The summed E-state index contributed by atoms with van der Waals surface area (Å²) in [6, 6.07) is 39.2. The third-order valence-electron chi connectivity index (χ3n) is 8.83. The maximum Gasteiger partial charge on any atom is 0.0770 e. The second-order valence-electron chi connectivity index (χ2n) is 12.8. The molecule has 0 aliphatic heterocycles. The molecule has 4 heterocycles. The van der Waals surface area contributed by atoms with Gasteiger partial charge >= 0.3 is 0 Å². The molecule has 0 N–H and O–H groups in total. The molecule has 4 aromatic heterocycles. The molecule has 0 saturated heterocycles. The smallest absolute Gasteiger partial charge is 0.0770 e. The fourth-order valence-electron chi connectivity index (χ4n) is 6.37. The van der Waals surface area contributed by atoms with E-state index in [1.165, 1.54) is 22.9 Å². The quantitative estimate of drug-likeness (QED) is 0.150. The first-order valence-corrected chi connectivity index (χ1v) is 16.7. The molecule has 0 spiro atoms. The van der Waals surface area contributed by atoms with Crippen LogP contribution in [-0.4, -0.2) is 19.1 Å². The van der Waals surface area contributed by atoms with E-state index in [9.17, 15) is 0 Å². The number of pyridine rings is 1. The van der Waals surface area contributed by atoms with Crippen LogP contribution in [0.4, 0.5) is 0 Å². The molecule has 0 amide bonds. The van der Waals surface area contributed by atoms with Crippen LogP contribution in [0.15, 0.2) is 132 Å².